The lowest BCUT2D eigenvalue weighted by Gasteiger charge is -2.63. The molecule has 5 atom stereocenters. The smallest absolute Gasteiger partial charge is 0.318 e. The van der Waals surface area contributed by atoms with E-state index in [1.54, 1.807) is 0 Å². The minimum Gasteiger partial charge on any atom is -0.318 e. The van der Waals surface area contributed by atoms with Crippen LogP contribution < -0.4 is 0 Å². The molecule has 0 N–H and O–H groups in total. The van der Waals surface area contributed by atoms with E-state index in [1.165, 1.54) is 6.42 Å². The Morgan fingerprint density at radius 2 is 1.79 bits per heavy atom. The predicted molar refractivity (Wildman–Crippen MR) is 99.0 cm³/mol. The van der Waals surface area contributed by atoms with E-state index in [9.17, 15) is 4.79 Å². The topological polar surface area (TPSA) is 38.7 Å². The van der Waals surface area contributed by atoms with Crippen LogP contribution in [0, 0.1) is 33.0 Å². The maximum absolute atomic E-state index is 13.0. The summed E-state index contributed by atoms with van der Waals surface area (Å²) >= 11 is 3.81. The third-order valence-electron chi connectivity index (χ3n) is 9.69. The third kappa shape index (κ3) is 1.49. The van der Waals surface area contributed by atoms with Crippen LogP contribution in [0.5, 0.6) is 0 Å². The average Bonchev–Trinajstić information content (AvgIpc) is 3.07. The summed E-state index contributed by atoms with van der Waals surface area (Å²) in [6.07, 6.45) is 5.41. The van der Waals surface area contributed by atoms with Gasteiger partial charge in [-0.1, -0.05) is 62.6 Å². The zero-order valence-electron chi connectivity index (χ0n) is 15.8. The van der Waals surface area contributed by atoms with Crippen LogP contribution in [0.3, 0.4) is 0 Å². The molecule has 5 saturated carbocycles. The Hall–Kier alpha value is -0.380. The standard InChI is InChI=1S/C20H30BrNO2/c1-16(2)12-7-8-18(16,5)13(11-12)22-24-15(23)20-10-9-19(6,14(20)21)17(20,3)4/h12,14H,7-11H2,1-6H3. The van der Waals surface area contributed by atoms with Crippen LogP contribution in [-0.4, -0.2) is 16.5 Å². The maximum atomic E-state index is 13.0. The fourth-order valence-electron chi connectivity index (χ4n) is 6.65. The Balaban J connectivity index is 1.57. The van der Waals surface area contributed by atoms with E-state index in [0.717, 1.165) is 31.4 Å². The number of rotatable bonds is 2. The number of halogens is 1. The monoisotopic (exact) mass is 395 g/mol. The molecule has 5 rings (SSSR count). The normalized spacial score (nSPS) is 51.7. The van der Waals surface area contributed by atoms with E-state index in [0.29, 0.717) is 5.92 Å². The molecular formula is C20H30BrNO2. The first-order chi connectivity index (χ1) is 10.9. The highest BCUT2D eigenvalue weighted by Gasteiger charge is 2.81. The second kappa shape index (κ2) is 4.47. The second-order valence-corrected chi connectivity index (χ2v) is 11.2. The SMILES string of the molecule is CC12CCC(CC1=NOC(=O)C13CCC(C)(C1Br)C3(C)C)C2(C)C. The van der Waals surface area contributed by atoms with Crippen LogP contribution >= 0.6 is 15.9 Å². The summed E-state index contributed by atoms with van der Waals surface area (Å²) in [6, 6.07) is 0. The lowest BCUT2D eigenvalue weighted by atomic mass is 9.44. The zero-order chi connectivity index (χ0) is 17.8. The van der Waals surface area contributed by atoms with Crippen LogP contribution in [0.15, 0.2) is 5.16 Å². The summed E-state index contributed by atoms with van der Waals surface area (Å²) in [5.41, 5.74) is 1.18. The molecule has 5 fully saturated rings. The molecule has 0 aromatic heterocycles. The Bertz CT molecular complexity index is 654. The summed E-state index contributed by atoms with van der Waals surface area (Å²) < 4.78 is 0. The summed E-state index contributed by atoms with van der Waals surface area (Å²) in [7, 11) is 0. The highest BCUT2D eigenvalue weighted by molar-refractivity contribution is 9.09. The van der Waals surface area contributed by atoms with Gasteiger partial charge >= 0.3 is 5.97 Å². The molecule has 3 nitrogen and oxygen atoms in total. The molecule has 134 valence electrons. The van der Waals surface area contributed by atoms with Gasteiger partial charge in [0.15, 0.2) is 0 Å². The van der Waals surface area contributed by atoms with Gasteiger partial charge in [-0.25, -0.2) is 4.79 Å². The number of hydrogen-bond acceptors (Lipinski definition) is 3. The Labute approximate surface area is 154 Å². The second-order valence-electron chi connectivity index (χ2n) is 10.3. The van der Waals surface area contributed by atoms with Crippen molar-refractivity contribution in [3.63, 3.8) is 0 Å². The van der Waals surface area contributed by atoms with Gasteiger partial charge in [-0.05, 0) is 54.3 Å². The van der Waals surface area contributed by atoms with Gasteiger partial charge in [0.25, 0.3) is 0 Å². The molecule has 0 heterocycles. The summed E-state index contributed by atoms with van der Waals surface area (Å²) in [5, 5.41) is 4.46. The molecule has 0 spiro atoms. The molecule has 0 saturated heterocycles. The predicted octanol–water partition coefficient (Wildman–Crippen LogP) is 5.32. The van der Waals surface area contributed by atoms with Gasteiger partial charge in [-0.3, -0.25) is 0 Å². The minimum absolute atomic E-state index is 0.0384. The van der Waals surface area contributed by atoms with Gasteiger partial charge in [0, 0.05) is 10.2 Å². The van der Waals surface area contributed by atoms with E-state index < -0.39 is 5.41 Å². The summed E-state index contributed by atoms with van der Waals surface area (Å²) in [6.45, 7) is 13.7. The number of carbonyl (C=O) groups is 1. The fourth-order valence-corrected chi connectivity index (χ4v) is 8.44. The first kappa shape index (κ1) is 17.1. The van der Waals surface area contributed by atoms with Crippen LogP contribution in [0.2, 0.25) is 0 Å². The molecule has 4 bridgehead atoms. The molecule has 0 amide bonds. The first-order valence-electron chi connectivity index (χ1n) is 9.38. The van der Waals surface area contributed by atoms with Gasteiger partial charge in [0.2, 0.25) is 0 Å². The first-order valence-corrected chi connectivity index (χ1v) is 10.3. The van der Waals surface area contributed by atoms with Crippen molar-refractivity contribution < 1.29 is 9.63 Å². The Morgan fingerprint density at radius 3 is 2.21 bits per heavy atom. The van der Waals surface area contributed by atoms with Gasteiger partial charge in [-0.2, -0.15) is 0 Å². The van der Waals surface area contributed by atoms with Crippen LogP contribution in [0.25, 0.3) is 0 Å². The molecule has 5 unspecified atom stereocenters. The summed E-state index contributed by atoms with van der Waals surface area (Å²) in [5.74, 6) is 0.554. The maximum Gasteiger partial charge on any atom is 0.342 e. The quantitative estimate of drug-likeness (QED) is 0.360. The molecule has 5 aliphatic rings. The van der Waals surface area contributed by atoms with Crippen LogP contribution in [-0.2, 0) is 9.63 Å². The average molecular weight is 396 g/mol. The van der Waals surface area contributed by atoms with Crippen molar-refractivity contribution in [2.45, 2.75) is 78.5 Å². The van der Waals surface area contributed by atoms with Gasteiger partial charge in [0.1, 0.15) is 0 Å². The van der Waals surface area contributed by atoms with E-state index in [4.69, 9.17) is 4.84 Å². The molecule has 4 heteroatoms. The Morgan fingerprint density at radius 1 is 1.12 bits per heavy atom. The highest BCUT2D eigenvalue weighted by atomic mass is 79.9. The molecule has 0 aromatic carbocycles. The molecule has 24 heavy (non-hydrogen) atoms. The van der Waals surface area contributed by atoms with Crippen molar-refractivity contribution in [3.05, 3.63) is 0 Å². The largest absolute Gasteiger partial charge is 0.342 e. The number of oxime groups is 1. The number of alkyl halides is 1. The van der Waals surface area contributed by atoms with Gasteiger partial charge < -0.3 is 4.84 Å². The molecule has 0 radical (unpaired) electrons. The zero-order valence-corrected chi connectivity index (χ0v) is 17.4. The van der Waals surface area contributed by atoms with Crippen LogP contribution in [0.1, 0.15) is 73.6 Å². The van der Waals surface area contributed by atoms with Crippen molar-refractivity contribution in [1.82, 2.24) is 0 Å². The van der Waals surface area contributed by atoms with E-state index >= 15 is 0 Å². The molecule has 0 aromatic rings. The molecule has 0 aliphatic heterocycles. The highest BCUT2D eigenvalue weighted by Crippen LogP contribution is 2.80. The Kier molecular flexibility index (Phi) is 3.18. The number of fused-ring (bicyclic) bond motifs is 3. The minimum atomic E-state index is -0.417. The summed E-state index contributed by atoms with van der Waals surface area (Å²) in [4.78, 5) is 18.9. The van der Waals surface area contributed by atoms with Gasteiger partial charge in [0.05, 0.1) is 11.1 Å². The number of carbonyl (C=O) groups excluding carboxylic acids is 1. The number of nitrogens with zero attached hydrogens (tertiary/aromatic N) is 1. The van der Waals surface area contributed by atoms with E-state index in [1.807, 2.05) is 0 Å². The molecular weight excluding hydrogens is 366 g/mol. The fraction of sp³-hybridized carbons (Fsp3) is 0.900. The van der Waals surface area contributed by atoms with Crippen molar-refractivity contribution in [3.8, 4) is 0 Å². The van der Waals surface area contributed by atoms with E-state index in [2.05, 4.69) is 62.6 Å². The molecule has 5 aliphatic carbocycles. The van der Waals surface area contributed by atoms with Crippen LogP contribution in [0.4, 0.5) is 0 Å². The van der Waals surface area contributed by atoms with Crippen molar-refractivity contribution in [2.75, 3.05) is 0 Å². The van der Waals surface area contributed by atoms with Crippen molar-refractivity contribution in [1.29, 1.82) is 0 Å². The number of hydrogen-bond donors (Lipinski definition) is 0. The van der Waals surface area contributed by atoms with Crippen molar-refractivity contribution in [2.24, 2.45) is 38.1 Å². The van der Waals surface area contributed by atoms with E-state index in [-0.39, 0.29) is 32.5 Å². The van der Waals surface area contributed by atoms with Gasteiger partial charge in [-0.15, -0.1) is 0 Å². The third-order valence-corrected chi connectivity index (χ3v) is 11.5. The lowest BCUT2D eigenvalue weighted by Crippen LogP contribution is -2.67. The van der Waals surface area contributed by atoms with Crippen molar-refractivity contribution >= 4 is 27.6 Å². The lowest BCUT2D eigenvalue weighted by molar-refractivity contribution is -0.186.